The summed E-state index contributed by atoms with van der Waals surface area (Å²) in [5, 5.41) is 22.1. The number of halogens is 1. The molecule has 0 fully saturated rings. The van der Waals surface area contributed by atoms with E-state index in [4.69, 9.17) is 5.73 Å². The molecule has 38 heavy (non-hydrogen) atoms. The minimum absolute atomic E-state index is 0.0201. The zero-order valence-electron chi connectivity index (χ0n) is 20.4. The van der Waals surface area contributed by atoms with E-state index in [0.29, 0.717) is 45.6 Å². The summed E-state index contributed by atoms with van der Waals surface area (Å²) in [6.07, 6.45) is 1.76. The number of nitriles is 1. The van der Waals surface area contributed by atoms with Crippen molar-refractivity contribution < 1.29 is 9.59 Å². The van der Waals surface area contributed by atoms with Crippen LogP contribution in [0.5, 0.6) is 0 Å². The number of aromatic nitrogens is 2. The predicted molar refractivity (Wildman–Crippen MR) is 153 cm³/mol. The minimum atomic E-state index is -0.511. The van der Waals surface area contributed by atoms with Crippen molar-refractivity contribution in [3.8, 4) is 6.07 Å². The van der Waals surface area contributed by atoms with E-state index in [1.807, 2.05) is 55.5 Å². The lowest BCUT2D eigenvalue weighted by atomic mass is 9.75. The molecule has 0 spiro atoms. The number of rotatable bonds is 6. The van der Waals surface area contributed by atoms with Crippen LogP contribution >= 0.6 is 39.0 Å². The van der Waals surface area contributed by atoms with Crippen LogP contribution < -0.4 is 16.0 Å². The van der Waals surface area contributed by atoms with Gasteiger partial charge in [-0.3, -0.25) is 14.5 Å². The van der Waals surface area contributed by atoms with Gasteiger partial charge in [-0.15, -0.1) is 10.2 Å². The predicted octanol–water partition coefficient (Wildman–Crippen LogP) is 5.64. The van der Waals surface area contributed by atoms with Gasteiger partial charge in [0.05, 0.1) is 23.3 Å². The van der Waals surface area contributed by atoms with Crippen molar-refractivity contribution in [3.63, 3.8) is 0 Å². The second kappa shape index (κ2) is 11.1. The maximum atomic E-state index is 13.3. The molecule has 192 valence electrons. The van der Waals surface area contributed by atoms with E-state index in [2.05, 4.69) is 37.5 Å². The fraction of sp³-hybridized carbons (Fsp3) is 0.222. The number of carbonyl (C=O) groups excluding carboxylic acids is 2. The number of carbonyl (C=O) groups is 2. The molecule has 5 rings (SSSR count). The lowest BCUT2D eigenvalue weighted by Crippen LogP contribution is -2.38. The molecule has 1 unspecified atom stereocenters. The Morgan fingerprint density at radius 1 is 1.26 bits per heavy atom. The fourth-order valence-corrected chi connectivity index (χ4v) is 6.64. The Morgan fingerprint density at radius 2 is 2.05 bits per heavy atom. The highest BCUT2D eigenvalue weighted by molar-refractivity contribution is 9.10. The number of amides is 1. The number of thioether (sulfide) groups is 1. The number of Topliss-reactive ketones (excluding diaryl/α,β-unsaturated/α-hetero) is 1. The Kier molecular flexibility index (Phi) is 7.65. The summed E-state index contributed by atoms with van der Waals surface area (Å²) >= 11 is 5.91. The number of anilines is 2. The lowest BCUT2D eigenvalue weighted by Gasteiger charge is -2.38. The third-order valence-electron chi connectivity index (χ3n) is 6.33. The van der Waals surface area contributed by atoms with Crippen molar-refractivity contribution in [2.75, 3.05) is 16.0 Å². The number of ketones is 1. The number of nitrogens with two attached hydrogens (primary N) is 1. The van der Waals surface area contributed by atoms with Crippen LogP contribution in [0.15, 0.2) is 80.0 Å². The first-order valence-corrected chi connectivity index (χ1v) is 14.5. The van der Waals surface area contributed by atoms with E-state index in [0.717, 1.165) is 21.3 Å². The summed E-state index contributed by atoms with van der Waals surface area (Å²) in [4.78, 5) is 27.4. The van der Waals surface area contributed by atoms with Gasteiger partial charge in [-0.1, -0.05) is 68.9 Å². The summed E-state index contributed by atoms with van der Waals surface area (Å²) in [7, 11) is 0. The molecule has 1 amide bonds. The topological polar surface area (TPSA) is 125 Å². The minimum Gasteiger partial charge on any atom is -0.384 e. The standard InChI is InChI=1S/C27H23BrN6O2S2/c1-15-4-2-5-16(12-15)23-19(13-29)25(30)34(20-6-3-7-21(35)24(20)23)26-32-33-27(38-26)37-14-22(36)31-18-10-8-17(28)9-11-18/h2,4-5,8-12,23H,3,6-7,14,30H2,1H3,(H,31,36). The summed E-state index contributed by atoms with van der Waals surface area (Å²) in [5.74, 6) is -0.244. The van der Waals surface area contributed by atoms with E-state index in [9.17, 15) is 14.9 Å². The Morgan fingerprint density at radius 3 is 2.79 bits per heavy atom. The summed E-state index contributed by atoms with van der Waals surface area (Å²) < 4.78 is 1.52. The number of hydrogen-bond acceptors (Lipinski definition) is 9. The van der Waals surface area contributed by atoms with Gasteiger partial charge in [0.25, 0.3) is 0 Å². The van der Waals surface area contributed by atoms with Crippen LogP contribution in [0.4, 0.5) is 10.8 Å². The number of nitrogens with one attached hydrogen (secondary N) is 1. The van der Waals surface area contributed by atoms with Gasteiger partial charge in [-0.05, 0) is 49.6 Å². The van der Waals surface area contributed by atoms with Crippen molar-refractivity contribution in [3.05, 3.63) is 86.8 Å². The van der Waals surface area contributed by atoms with Crippen LogP contribution in [0.1, 0.15) is 36.3 Å². The Hall–Kier alpha value is -3.46. The van der Waals surface area contributed by atoms with Crippen LogP contribution in [0.25, 0.3) is 0 Å². The zero-order valence-corrected chi connectivity index (χ0v) is 23.6. The van der Waals surface area contributed by atoms with Crippen molar-refractivity contribution in [1.82, 2.24) is 10.2 Å². The zero-order chi connectivity index (χ0) is 26.8. The largest absolute Gasteiger partial charge is 0.384 e. The molecule has 2 aliphatic rings. The second-order valence-electron chi connectivity index (χ2n) is 8.92. The van der Waals surface area contributed by atoms with E-state index in [1.54, 1.807) is 4.90 Å². The average Bonchev–Trinajstić information content (AvgIpc) is 3.37. The highest BCUT2D eigenvalue weighted by atomic mass is 79.9. The summed E-state index contributed by atoms with van der Waals surface area (Å²) in [6.45, 7) is 1.98. The number of aryl methyl sites for hydroxylation is 1. The van der Waals surface area contributed by atoms with Crippen molar-refractivity contribution in [2.45, 2.75) is 36.4 Å². The average molecular weight is 608 g/mol. The Labute approximate surface area is 236 Å². The van der Waals surface area contributed by atoms with Crippen LogP contribution in [0, 0.1) is 18.3 Å². The molecule has 1 atom stereocenters. The van der Waals surface area contributed by atoms with Crippen molar-refractivity contribution in [1.29, 1.82) is 5.26 Å². The van der Waals surface area contributed by atoms with E-state index < -0.39 is 5.92 Å². The quantitative estimate of drug-likeness (QED) is 0.345. The molecular weight excluding hydrogens is 584 g/mol. The molecule has 0 radical (unpaired) electrons. The number of allylic oxidation sites excluding steroid dienone is 3. The van der Waals surface area contributed by atoms with Gasteiger partial charge in [0.2, 0.25) is 11.0 Å². The maximum Gasteiger partial charge on any atom is 0.234 e. The third-order valence-corrected chi connectivity index (χ3v) is 8.90. The van der Waals surface area contributed by atoms with Crippen LogP contribution in [-0.2, 0) is 9.59 Å². The highest BCUT2D eigenvalue weighted by Crippen LogP contribution is 2.47. The molecule has 0 bridgehead atoms. The normalized spacial score (nSPS) is 17.3. The third kappa shape index (κ3) is 5.25. The summed E-state index contributed by atoms with van der Waals surface area (Å²) in [5.41, 5.74) is 10.9. The van der Waals surface area contributed by atoms with Crippen LogP contribution in [0.3, 0.4) is 0 Å². The first-order chi connectivity index (χ1) is 18.4. The van der Waals surface area contributed by atoms with Crippen molar-refractivity contribution >= 4 is 61.5 Å². The van der Waals surface area contributed by atoms with Gasteiger partial charge in [0.15, 0.2) is 10.1 Å². The molecule has 11 heteroatoms. The highest BCUT2D eigenvalue weighted by Gasteiger charge is 2.41. The molecule has 0 saturated heterocycles. The second-order valence-corrected chi connectivity index (χ2v) is 12.0. The van der Waals surface area contributed by atoms with Gasteiger partial charge in [-0.2, -0.15) is 5.26 Å². The van der Waals surface area contributed by atoms with Crippen molar-refractivity contribution in [2.24, 2.45) is 5.73 Å². The van der Waals surface area contributed by atoms with Crippen LogP contribution in [0.2, 0.25) is 0 Å². The molecule has 8 nitrogen and oxygen atoms in total. The molecule has 0 saturated carbocycles. The number of nitrogens with zero attached hydrogens (tertiary/aromatic N) is 4. The van der Waals surface area contributed by atoms with Gasteiger partial charge < -0.3 is 11.1 Å². The smallest absolute Gasteiger partial charge is 0.234 e. The van der Waals surface area contributed by atoms with Gasteiger partial charge in [-0.25, -0.2) is 0 Å². The molecule has 3 aromatic rings. The van der Waals surface area contributed by atoms with Gasteiger partial charge >= 0.3 is 0 Å². The summed E-state index contributed by atoms with van der Waals surface area (Å²) in [6, 6.07) is 17.4. The first-order valence-electron chi connectivity index (χ1n) is 11.9. The molecule has 2 aromatic carbocycles. The Bertz CT molecular complexity index is 1520. The first kappa shape index (κ1) is 26.2. The SMILES string of the molecule is Cc1cccc(C2C(C#N)=C(N)N(c3nnc(SCC(=O)Nc4ccc(Br)cc4)s3)C3=C2C(=O)CCC3)c1. The lowest BCUT2D eigenvalue weighted by molar-refractivity contribution is -0.116. The molecule has 2 heterocycles. The van der Waals surface area contributed by atoms with E-state index >= 15 is 0 Å². The van der Waals surface area contributed by atoms with E-state index in [1.165, 1.54) is 23.1 Å². The van der Waals surface area contributed by atoms with E-state index in [-0.39, 0.29) is 23.3 Å². The van der Waals surface area contributed by atoms with Gasteiger partial charge in [0.1, 0.15) is 5.82 Å². The van der Waals surface area contributed by atoms with Crippen LogP contribution in [-0.4, -0.2) is 27.6 Å². The number of benzene rings is 2. The monoisotopic (exact) mass is 606 g/mol. The number of hydrogen-bond donors (Lipinski definition) is 2. The fourth-order valence-electron chi connectivity index (χ4n) is 4.70. The molecule has 1 aliphatic heterocycles. The van der Waals surface area contributed by atoms with Gasteiger partial charge in [0, 0.05) is 27.9 Å². The molecule has 1 aromatic heterocycles. The molecular formula is C27H23BrN6O2S2. The Balaban J connectivity index is 1.42. The maximum absolute atomic E-state index is 13.3. The molecule has 3 N–H and O–H groups in total. The molecule has 1 aliphatic carbocycles.